The zero-order valence-electron chi connectivity index (χ0n) is 26.2. The molecule has 0 aliphatic heterocycles. The monoisotopic (exact) mass is 602 g/mol. The van der Waals surface area contributed by atoms with Crippen molar-refractivity contribution in [2.75, 3.05) is 0 Å². The lowest BCUT2D eigenvalue weighted by molar-refractivity contribution is 0.999. The van der Waals surface area contributed by atoms with Crippen LogP contribution in [0.5, 0.6) is 0 Å². The van der Waals surface area contributed by atoms with Crippen LogP contribution in [0.15, 0.2) is 158 Å². The summed E-state index contributed by atoms with van der Waals surface area (Å²) in [4.78, 5) is 0. The second-order valence-electron chi connectivity index (χ2n) is 12.5. The number of para-hydroxylation sites is 2. The molecule has 0 atom stereocenters. The van der Waals surface area contributed by atoms with E-state index in [4.69, 9.17) is 0 Å². The molecule has 9 rings (SSSR count). The third-order valence-corrected chi connectivity index (χ3v) is 9.69. The van der Waals surface area contributed by atoms with E-state index in [1.54, 1.807) is 0 Å². The van der Waals surface area contributed by atoms with Crippen LogP contribution in [0.25, 0.3) is 56.5 Å². The van der Waals surface area contributed by atoms with Gasteiger partial charge in [0.25, 0.3) is 0 Å². The lowest BCUT2D eigenvalue weighted by Crippen LogP contribution is -2.00. The summed E-state index contributed by atoms with van der Waals surface area (Å²) in [6.45, 7) is 0. The standard InChI is InChI=1S/C45H34N2/c1-3-11-38-40-13-7-9-17-44(40)46(42(38)15-5-1)36-27-21-33(22-28-36)31-32-19-23-34(24-20-32)35-25-29-37(30-26-35)47-43-16-6-2-4-12-39(43)41-14-8-10-18-45(41)47/h1-14,17-30H,15-16,31H2. The van der Waals surface area contributed by atoms with Gasteiger partial charge in [-0.25, -0.2) is 0 Å². The molecule has 0 amide bonds. The van der Waals surface area contributed by atoms with Crippen molar-refractivity contribution in [3.05, 3.63) is 191 Å². The van der Waals surface area contributed by atoms with Crippen LogP contribution in [0.1, 0.15) is 33.6 Å². The first kappa shape index (κ1) is 27.5. The van der Waals surface area contributed by atoms with Crippen LogP contribution in [0.3, 0.4) is 0 Å². The van der Waals surface area contributed by atoms with Gasteiger partial charge in [-0.1, -0.05) is 134 Å². The molecule has 0 spiro atoms. The Morgan fingerprint density at radius 1 is 0.426 bits per heavy atom. The van der Waals surface area contributed by atoms with E-state index in [2.05, 4.69) is 179 Å². The molecule has 0 fully saturated rings. The Hall–Kier alpha value is -5.86. The molecular formula is C45H34N2. The number of fused-ring (bicyclic) bond motifs is 6. The maximum absolute atomic E-state index is 2.43. The SMILES string of the molecule is C1=CCc2c(c3ccccc3n2-c2ccc(Cc3ccc(-c4ccc(-n5c6c(c7ccccc75)C=CC=CC6)cc4)cc3)cc2)C=C1. The fourth-order valence-electron chi connectivity index (χ4n) is 7.44. The molecule has 5 aromatic carbocycles. The lowest BCUT2D eigenvalue weighted by atomic mass is 10.00. The summed E-state index contributed by atoms with van der Waals surface area (Å²) in [5.74, 6) is 0. The number of hydrogen-bond donors (Lipinski definition) is 0. The van der Waals surface area contributed by atoms with Crippen LogP contribution >= 0.6 is 0 Å². The van der Waals surface area contributed by atoms with Gasteiger partial charge in [0.1, 0.15) is 0 Å². The van der Waals surface area contributed by atoms with Gasteiger partial charge in [-0.15, -0.1) is 0 Å². The van der Waals surface area contributed by atoms with Crippen LogP contribution in [-0.2, 0) is 19.3 Å². The highest BCUT2D eigenvalue weighted by molar-refractivity contribution is 5.94. The minimum Gasteiger partial charge on any atom is -0.313 e. The van der Waals surface area contributed by atoms with E-state index in [9.17, 15) is 0 Å². The summed E-state index contributed by atoms with van der Waals surface area (Å²) in [7, 11) is 0. The predicted octanol–water partition coefficient (Wildman–Crippen LogP) is 11.1. The molecule has 2 aliphatic carbocycles. The van der Waals surface area contributed by atoms with Crippen molar-refractivity contribution in [1.82, 2.24) is 9.13 Å². The summed E-state index contributed by atoms with van der Waals surface area (Å²) in [5, 5.41) is 2.61. The first-order chi connectivity index (χ1) is 23.3. The Kier molecular flexibility index (Phi) is 6.71. The average molecular weight is 603 g/mol. The van der Waals surface area contributed by atoms with Crippen molar-refractivity contribution in [2.24, 2.45) is 0 Å². The molecule has 0 saturated carbocycles. The molecule has 0 radical (unpaired) electrons. The number of benzene rings is 5. The molecule has 224 valence electrons. The van der Waals surface area contributed by atoms with Crippen LogP contribution in [0.2, 0.25) is 0 Å². The number of rotatable bonds is 5. The molecule has 2 nitrogen and oxygen atoms in total. The van der Waals surface area contributed by atoms with Gasteiger partial charge in [-0.05, 0) is 65.1 Å². The fraction of sp³-hybridized carbons (Fsp3) is 0.0667. The molecular weight excluding hydrogens is 569 g/mol. The van der Waals surface area contributed by atoms with Gasteiger partial charge >= 0.3 is 0 Å². The average Bonchev–Trinajstić information content (AvgIpc) is 3.32. The van der Waals surface area contributed by atoms with Gasteiger partial charge in [-0.3, -0.25) is 0 Å². The highest BCUT2D eigenvalue weighted by Gasteiger charge is 2.18. The van der Waals surface area contributed by atoms with Crippen molar-refractivity contribution in [3.63, 3.8) is 0 Å². The highest BCUT2D eigenvalue weighted by Crippen LogP contribution is 2.34. The minimum atomic E-state index is 0.907. The predicted molar refractivity (Wildman–Crippen MR) is 199 cm³/mol. The number of allylic oxidation sites excluding steroid dienone is 6. The van der Waals surface area contributed by atoms with Gasteiger partial charge in [0.2, 0.25) is 0 Å². The molecule has 2 aliphatic rings. The Bertz CT molecular complexity index is 2390. The smallest absolute Gasteiger partial charge is 0.0537 e. The van der Waals surface area contributed by atoms with Crippen LogP contribution in [0.4, 0.5) is 0 Å². The largest absolute Gasteiger partial charge is 0.313 e. The Labute approximate surface area is 275 Å². The van der Waals surface area contributed by atoms with E-state index in [0.29, 0.717) is 0 Å². The Morgan fingerprint density at radius 2 is 0.851 bits per heavy atom. The van der Waals surface area contributed by atoms with Crippen LogP contribution in [-0.4, -0.2) is 9.13 Å². The zero-order valence-corrected chi connectivity index (χ0v) is 26.2. The van der Waals surface area contributed by atoms with E-state index in [-0.39, 0.29) is 0 Å². The second kappa shape index (κ2) is 11.5. The maximum atomic E-state index is 2.43. The van der Waals surface area contributed by atoms with Crippen LogP contribution in [0, 0.1) is 0 Å². The van der Waals surface area contributed by atoms with Crippen molar-refractivity contribution in [3.8, 4) is 22.5 Å². The highest BCUT2D eigenvalue weighted by atomic mass is 15.0. The van der Waals surface area contributed by atoms with Gasteiger partial charge in [0, 0.05) is 57.5 Å². The van der Waals surface area contributed by atoms with Gasteiger partial charge in [0.05, 0.1) is 11.0 Å². The van der Waals surface area contributed by atoms with E-state index in [1.807, 2.05) is 0 Å². The Morgan fingerprint density at radius 3 is 1.36 bits per heavy atom. The van der Waals surface area contributed by atoms with E-state index in [0.717, 1.165) is 19.3 Å². The maximum Gasteiger partial charge on any atom is 0.0537 e. The second-order valence-corrected chi connectivity index (χ2v) is 12.5. The van der Waals surface area contributed by atoms with E-state index >= 15 is 0 Å². The summed E-state index contributed by atoms with van der Waals surface area (Å²) in [6.07, 6.45) is 20.3. The number of nitrogens with zero attached hydrogens (tertiary/aromatic N) is 2. The molecule has 2 heterocycles. The molecule has 2 heteroatoms. The zero-order chi connectivity index (χ0) is 31.2. The molecule has 0 unspecified atom stereocenters. The molecule has 0 saturated heterocycles. The van der Waals surface area contributed by atoms with Crippen molar-refractivity contribution in [2.45, 2.75) is 19.3 Å². The number of hydrogen-bond acceptors (Lipinski definition) is 0. The molecule has 47 heavy (non-hydrogen) atoms. The van der Waals surface area contributed by atoms with Gasteiger partial charge < -0.3 is 9.13 Å². The summed E-state index contributed by atoms with van der Waals surface area (Å²) in [5.41, 5.74) is 15.4. The number of aromatic nitrogens is 2. The lowest BCUT2D eigenvalue weighted by Gasteiger charge is -2.12. The quantitative estimate of drug-likeness (QED) is 0.185. The molecule has 2 aromatic heterocycles. The molecule has 7 aromatic rings. The van der Waals surface area contributed by atoms with Crippen molar-refractivity contribution >= 4 is 34.0 Å². The van der Waals surface area contributed by atoms with Crippen LogP contribution < -0.4 is 0 Å². The van der Waals surface area contributed by atoms with E-state index < -0.39 is 0 Å². The van der Waals surface area contributed by atoms with Gasteiger partial charge in [0.15, 0.2) is 0 Å². The first-order valence-electron chi connectivity index (χ1n) is 16.5. The molecule has 0 bridgehead atoms. The van der Waals surface area contributed by atoms with Crippen molar-refractivity contribution in [1.29, 1.82) is 0 Å². The minimum absolute atomic E-state index is 0.907. The van der Waals surface area contributed by atoms with Gasteiger partial charge in [-0.2, -0.15) is 0 Å². The van der Waals surface area contributed by atoms with E-state index in [1.165, 1.54) is 77.9 Å². The Balaban J connectivity index is 0.955. The van der Waals surface area contributed by atoms with Crippen molar-refractivity contribution < 1.29 is 0 Å². The summed E-state index contributed by atoms with van der Waals surface area (Å²) >= 11 is 0. The molecule has 0 N–H and O–H groups in total. The first-order valence-corrected chi connectivity index (χ1v) is 16.5. The summed E-state index contributed by atoms with van der Waals surface area (Å²) in [6, 6.07) is 44.7. The summed E-state index contributed by atoms with van der Waals surface area (Å²) < 4.78 is 4.85. The third kappa shape index (κ3) is 4.81. The third-order valence-electron chi connectivity index (χ3n) is 9.69. The fourth-order valence-corrected chi connectivity index (χ4v) is 7.44. The normalized spacial score (nSPS) is 13.5. The topological polar surface area (TPSA) is 9.86 Å².